The predicted octanol–water partition coefficient (Wildman–Crippen LogP) is -1.94. The van der Waals surface area contributed by atoms with Crippen LogP contribution >= 0.6 is 0 Å². The lowest BCUT2D eigenvalue weighted by atomic mass is 9.80. The van der Waals surface area contributed by atoms with Gasteiger partial charge in [0.15, 0.2) is 0 Å². The topological polar surface area (TPSA) is 153 Å². The molecule has 11 heteroatoms. The van der Waals surface area contributed by atoms with Gasteiger partial charge in [0.2, 0.25) is 0 Å². The molecule has 1 aliphatic rings. The Hall–Kier alpha value is -0.715. The van der Waals surface area contributed by atoms with Crippen LogP contribution in [0.4, 0.5) is 0 Å². The summed E-state index contributed by atoms with van der Waals surface area (Å²) < 4.78 is 27.8. The molecule has 0 aromatic heterocycles. The molecule has 1 saturated heterocycles. The van der Waals surface area contributed by atoms with Gasteiger partial charge < -0.3 is 20.9 Å². The lowest BCUT2D eigenvalue weighted by molar-refractivity contribution is -0.142. The van der Waals surface area contributed by atoms with E-state index in [1.807, 2.05) is 0 Å². The zero-order valence-electron chi connectivity index (χ0n) is 12.4. The van der Waals surface area contributed by atoms with Crippen LogP contribution in [0, 0.1) is 11.8 Å². The van der Waals surface area contributed by atoms with E-state index in [2.05, 4.69) is 4.72 Å². The highest BCUT2D eigenvalue weighted by molar-refractivity contribution is 7.87. The largest absolute Gasteiger partial charge is 0.481 e. The Balaban J connectivity index is 2.62. The first kappa shape index (κ1) is 19.3. The average molecular weight is 337 g/mol. The monoisotopic (exact) mass is 337 g/mol. The molecule has 9 nitrogen and oxygen atoms in total. The maximum Gasteiger partial charge on any atom is 0.451 e. The number of carboxylic acids is 1. The molecule has 0 aliphatic carbocycles. The van der Waals surface area contributed by atoms with Crippen molar-refractivity contribution in [3.8, 4) is 0 Å². The molecule has 0 radical (unpaired) electrons. The van der Waals surface area contributed by atoms with Crippen LogP contribution in [0.2, 0.25) is 6.32 Å². The molecule has 0 amide bonds. The molecule has 1 heterocycles. The van der Waals surface area contributed by atoms with Gasteiger partial charge in [0.05, 0.1) is 5.92 Å². The Morgan fingerprint density at radius 3 is 2.55 bits per heavy atom. The summed E-state index contributed by atoms with van der Waals surface area (Å²) >= 11 is 0. The second-order valence-corrected chi connectivity index (χ2v) is 7.23. The van der Waals surface area contributed by atoms with E-state index in [1.165, 1.54) is 0 Å². The quantitative estimate of drug-likeness (QED) is 0.229. The third-order valence-electron chi connectivity index (χ3n) is 3.77. The van der Waals surface area contributed by atoms with Crippen molar-refractivity contribution < 1.29 is 28.4 Å². The van der Waals surface area contributed by atoms with Crippen molar-refractivity contribution in [2.45, 2.75) is 25.6 Å². The second-order valence-electron chi connectivity index (χ2n) is 5.47. The van der Waals surface area contributed by atoms with Gasteiger partial charge in [-0.1, -0.05) is 6.42 Å². The molecule has 22 heavy (non-hydrogen) atoms. The van der Waals surface area contributed by atoms with E-state index >= 15 is 0 Å². The first-order chi connectivity index (χ1) is 10.3. The van der Waals surface area contributed by atoms with Gasteiger partial charge in [-0.15, -0.1) is 0 Å². The van der Waals surface area contributed by atoms with Crippen molar-refractivity contribution in [1.82, 2.24) is 9.03 Å². The fourth-order valence-corrected chi connectivity index (χ4v) is 3.89. The summed E-state index contributed by atoms with van der Waals surface area (Å²) in [5, 5.41) is 26.9. The highest BCUT2D eigenvalue weighted by Gasteiger charge is 2.41. The van der Waals surface area contributed by atoms with Gasteiger partial charge in [0.25, 0.3) is 10.2 Å². The number of rotatable bonds is 10. The summed E-state index contributed by atoms with van der Waals surface area (Å²) in [7, 11) is -5.14. The molecular weight excluding hydrogens is 313 g/mol. The smallest absolute Gasteiger partial charge is 0.451 e. The highest BCUT2D eigenvalue weighted by atomic mass is 32.2. The summed E-state index contributed by atoms with van der Waals surface area (Å²) in [6.07, 6.45) is 1.52. The molecule has 1 aliphatic heterocycles. The fourth-order valence-electron chi connectivity index (χ4n) is 2.56. The third kappa shape index (κ3) is 5.82. The maximum absolute atomic E-state index is 12.1. The summed E-state index contributed by atoms with van der Waals surface area (Å²) in [4.78, 5) is 11.3. The van der Waals surface area contributed by atoms with Gasteiger partial charge >= 0.3 is 13.1 Å². The van der Waals surface area contributed by atoms with E-state index in [-0.39, 0.29) is 31.9 Å². The van der Waals surface area contributed by atoms with Crippen LogP contribution in [0.5, 0.6) is 0 Å². The van der Waals surface area contributed by atoms with E-state index in [1.54, 1.807) is 0 Å². The van der Waals surface area contributed by atoms with E-state index in [9.17, 15) is 18.3 Å². The lowest BCUT2D eigenvalue weighted by Crippen LogP contribution is -2.40. The molecule has 0 aromatic rings. The summed E-state index contributed by atoms with van der Waals surface area (Å²) in [5.41, 5.74) is 5.31. The van der Waals surface area contributed by atoms with Crippen molar-refractivity contribution in [3.63, 3.8) is 0 Å². The number of aliphatic carboxylic acids is 1. The maximum atomic E-state index is 12.1. The summed E-state index contributed by atoms with van der Waals surface area (Å²) in [6, 6.07) is 0. The zero-order valence-corrected chi connectivity index (χ0v) is 13.2. The van der Waals surface area contributed by atoms with Crippen LogP contribution in [-0.4, -0.2) is 67.1 Å². The van der Waals surface area contributed by atoms with Crippen LogP contribution < -0.4 is 10.5 Å². The molecule has 1 rings (SSSR count). The van der Waals surface area contributed by atoms with Crippen LogP contribution in [0.1, 0.15) is 19.3 Å². The van der Waals surface area contributed by atoms with Gasteiger partial charge in [-0.2, -0.15) is 12.7 Å². The standard InChI is InChI=1S/C11H24BN3O6S/c13-5-2-6-14-22(20,21)15-7-9(3-1-4-12(18)19)10(8-15)11(16)17/h9-10,14,18-19H,1-8,13H2,(H,16,17). The fraction of sp³-hybridized carbons (Fsp3) is 0.909. The van der Waals surface area contributed by atoms with Crippen LogP contribution in [0.25, 0.3) is 0 Å². The molecular formula is C11H24BN3O6S. The predicted molar refractivity (Wildman–Crippen MR) is 81.0 cm³/mol. The number of hydrogen-bond donors (Lipinski definition) is 5. The molecule has 128 valence electrons. The Labute approximate surface area is 130 Å². The minimum atomic E-state index is -3.71. The second kappa shape index (κ2) is 8.80. The first-order valence-corrected chi connectivity index (χ1v) is 8.75. The van der Waals surface area contributed by atoms with Gasteiger partial charge in [-0.05, 0) is 31.6 Å². The lowest BCUT2D eigenvalue weighted by Gasteiger charge is -2.16. The molecule has 6 N–H and O–H groups in total. The molecule has 2 unspecified atom stereocenters. The number of carboxylic acid groups (broad SMARTS) is 1. The van der Waals surface area contributed by atoms with Gasteiger partial charge in [-0.25, -0.2) is 4.72 Å². The van der Waals surface area contributed by atoms with Gasteiger partial charge in [0.1, 0.15) is 0 Å². The normalized spacial score (nSPS) is 22.9. The number of carbonyl (C=O) groups is 1. The average Bonchev–Trinajstić information content (AvgIpc) is 2.83. The van der Waals surface area contributed by atoms with Gasteiger partial charge in [0, 0.05) is 19.6 Å². The third-order valence-corrected chi connectivity index (χ3v) is 5.31. The van der Waals surface area contributed by atoms with Crippen molar-refractivity contribution >= 4 is 23.3 Å². The zero-order chi connectivity index (χ0) is 16.8. The summed E-state index contributed by atoms with van der Waals surface area (Å²) in [5.74, 6) is -2.14. The Morgan fingerprint density at radius 1 is 1.32 bits per heavy atom. The van der Waals surface area contributed by atoms with E-state index in [4.69, 9.17) is 15.8 Å². The number of nitrogens with one attached hydrogen (secondary N) is 1. The Morgan fingerprint density at radius 2 is 2.00 bits per heavy atom. The molecule has 1 fully saturated rings. The molecule has 0 saturated carbocycles. The van der Waals surface area contributed by atoms with Crippen molar-refractivity contribution in [2.24, 2.45) is 17.6 Å². The van der Waals surface area contributed by atoms with E-state index in [0.717, 1.165) is 4.31 Å². The number of hydrogen-bond acceptors (Lipinski definition) is 6. The van der Waals surface area contributed by atoms with E-state index in [0.29, 0.717) is 25.8 Å². The van der Waals surface area contributed by atoms with Crippen molar-refractivity contribution in [2.75, 3.05) is 26.2 Å². The molecule has 2 atom stereocenters. The van der Waals surface area contributed by atoms with Crippen LogP contribution in [0.3, 0.4) is 0 Å². The molecule has 0 spiro atoms. The summed E-state index contributed by atoms with van der Waals surface area (Å²) in [6.45, 7) is 0.636. The van der Waals surface area contributed by atoms with Gasteiger partial charge in [-0.3, -0.25) is 4.79 Å². The molecule has 0 aromatic carbocycles. The van der Waals surface area contributed by atoms with E-state index < -0.39 is 29.2 Å². The van der Waals surface area contributed by atoms with Crippen molar-refractivity contribution in [1.29, 1.82) is 0 Å². The Bertz CT molecular complexity index is 461. The Kier molecular flexibility index (Phi) is 7.73. The van der Waals surface area contributed by atoms with Crippen LogP contribution in [0.15, 0.2) is 0 Å². The minimum Gasteiger partial charge on any atom is -0.481 e. The SMILES string of the molecule is NCCCNS(=O)(=O)N1CC(CCCB(O)O)C(C(=O)O)C1. The minimum absolute atomic E-state index is 0.0698. The number of nitrogens with zero attached hydrogens (tertiary/aromatic N) is 1. The number of nitrogens with two attached hydrogens (primary N) is 1. The van der Waals surface area contributed by atoms with Crippen LogP contribution in [-0.2, 0) is 15.0 Å². The van der Waals surface area contributed by atoms with Crippen molar-refractivity contribution in [3.05, 3.63) is 0 Å². The molecule has 0 bridgehead atoms. The highest BCUT2D eigenvalue weighted by Crippen LogP contribution is 2.29. The first-order valence-electron chi connectivity index (χ1n) is 7.31.